The van der Waals surface area contributed by atoms with Crippen molar-refractivity contribution in [1.29, 1.82) is 0 Å². The van der Waals surface area contributed by atoms with Gasteiger partial charge in [-0.2, -0.15) is 0 Å². The molecule has 1 aliphatic rings. The van der Waals surface area contributed by atoms with Gasteiger partial charge in [0, 0.05) is 32.6 Å². The molecule has 1 fully saturated rings. The van der Waals surface area contributed by atoms with Crippen LogP contribution in [0.25, 0.3) is 0 Å². The van der Waals surface area contributed by atoms with Crippen LogP contribution < -0.4 is 0 Å². The maximum Gasteiger partial charge on any atom is 0.410 e. The van der Waals surface area contributed by atoms with Crippen molar-refractivity contribution >= 4 is 18.0 Å². The van der Waals surface area contributed by atoms with Crippen LogP contribution in [0.3, 0.4) is 0 Å². The minimum Gasteiger partial charge on any atom is -0.481 e. The molecular weight excluding hydrogens is 276 g/mol. The molecule has 0 saturated carbocycles. The van der Waals surface area contributed by atoms with Crippen LogP contribution in [0, 0.1) is 0 Å². The second-order valence-corrected chi connectivity index (χ2v) is 4.98. The summed E-state index contributed by atoms with van der Waals surface area (Å²) in [6, 6.07) is 0.0332. The SMILES string of the molecule is C=CCOC(=O)N(C)C1CCN(C(=O)CCC(=O)O)CC1. The molecule has 0 radical (unpaired) electrons. The zero-order valence-corrected chi connectivity index (χ0v) is 12.3. The number of carbonyl (C=O) groups excluding carboxylic acids is 2. The largest absolute Gasteiger partial charge is 0.481 e. The van der Waals surface area contributed by atoms with Crippen LogP contribution in [-0.2, 0) is 14.3 Å². The number of amides is 2. The van der Waals surface area contributed by atoms with Gasteiger partial charge in [-0.1, -0.05) is 12.7 Å². The summed E-state index contributed by atoms with van der Waals surface area (Å²) in [7, 11) is 1.68. The third kappa shape index (κ3) is 5.45. The monoisotopic (exact) mass is 298 g/mol. The molecular formula is C14H22N2O5. The first-order chi connectivity index (χ1) is 9.95. The van der Waals surface area contributed by atoms with E-state index in [1.54, 1.807) is 16.8 Å². The van der Waals surface area contributed by atoms with Crippen molar-refractivity contribution in [3.8, 4) is 0 Å². The van der Waals surface area contributed by atoms with E-state index < -0.39 is 12.1 Å². The predicted octanol–water partition coefficient (Wildman–Crippen LogP) is 1.10. The van der Waals surface area contributed by atoms with Gasteiger partial charge in [-0.15, -0.1) is 0 Å². The molecule has 0 aliphatic carbocycles. The van der Waals surface area contributed by atoms with E-state index in [-0.39, 0.29) is 31.4 Å². The number of carbonyl (C=O) groups is 3. The van der Waals surface area contributed by atoms with Crippen LogP contribution in [0.1, 0.15) is 25.7 Å². The maximum atomic E-state index is 11.8. The standard InChI is InChI=1S/C14H22N2O5/c1-3-10-21-14(20)15(2)11-6-8-16(9-7-11)12(17)4-5-13(18)19/h3,11H,1,4-10H2,2H3,(H,18,19). The fraction of sp³-hybridized carbons (Fsp3) is 0.643. The lowest BCUT2D eigenvalue weighted by Gasteiger charge is -2.36. The van der Waals surface area contributed by atoms with Crippen molar-refractivity contribution in [2.45, 2.75) is 31.7 Å². The van der Waals surface area contributed by atoms with Crippen molar-refractivity contribution in [1.82, 2.24) is 9.80 Å². The number of likely N-dealkylation sites (tertiary alicyclic amines) is 1. The minimum absolute atomic E-state index is 0.0250. The molecule has 1 saturated heterocycles. The summed E-state index contributed by atoms with van der Waals surface area (Å²) < 4.78 is 4.97. The lowest BCUT2D eigenvalue weighted by atomic mass is 10.0. The molecule has 0 bridgehead atoms. The summed E-state index contributed by atoms with van der Waals surface area (Å²) in [6.45, 7) is 4.72. The molecule has 2 amide bonds. The first-order valence-corrected chi connectivity index (χ1v) is 6.95. The van der Waals surface area contributed by atoms with Gasteiger partial charge in [0.2, 0.25) is 5.91 Å². The number of carboxylic acid groups (broad SMARTS) is 1. The van der Waals surface area contributed by atoms with Gasteiger partial charge in [0.25, 0.3) is 0 Å². The van der Waals surface area contributed by atoms with Gasteiger partial charge >= 0.3 is 12.1 Å². The Balaban J connectivity index is 2.37. The van der Waals surface area contributed by atoms with Gasteiger partial charge in [-0.05, 0) is 12.8 Å². The summed E-state index contributed by atoms with van der Waals surface area (Å²) in [5.41, 5.74) is 0. The lowest BCUT2D eigenvalue weighted by molar-refractivity contribution is -0.141. The molecule has 0 spiro atoms. The average molecular weight is 298 g/mol. The van der Waals surface area contributed by atoms with E-state index in [0.717, 1.165) is 0 Å². The van der Waals surface area contributed by atoms with Gasteiger partial charge in [-0.25, -0.2) is 4.79 Å². The molecule has 0 aromatic rings. The fourth-order valence-corrected chi connectivity index (χ4v) is 2.26. The summed E-state index contributed by atoms with van der Waals surface area (Å²) in [5, 5.41) is 8.57. The first-order valence-electron chi connectivity index (χ1n) is 6.95. The van der Waals surface area contributed by atoms with Crippen molar-refractivity contribution in [3.05, 3.63) is 12.7 Å². The molecule has 1 rings (SSSR count). The van der Waals surface area contributed by atoms with Gasteiger partial charge in [-0.3, -0.25) is 9.59 Å². The Morgan fingerprint density at radius 3 is 2.48 bits per heavy atom. The summed E-state index contributed by atoms with van der Waals surface area (Å²) in [4.78, 5) is 37.2. The van der Waals surface area contributed by atoms with Crippen LogP contribution in [0.15, 0.2) is 12.7 Å². The number of piperidine rings is 1. The van der Waals surface area contributed by atoms with E-state index >= 15 is 0 Å². The Bertz CT molecular complexity index is 402. The molecule has 1 aliphatic heterocycles. The number of hydrogen-bond donors (Lipinski definition) is 1. The topological polar surface area (TPSA) is 87.2 Å². The zero-order valence-electron chi connectivity index (χ0n) is 12.3. The second-order valence-electron chi connectivity index (χ2n) is 4.98. The van der Waals surface area contributed by atoms with Crippen molar-refractivity contribution in [2.75, 3.05) is 26.7 Å². The van der Waals surface area contributed by atoms with E-state index in [1.807, 2.05) is 0 Å². The molecule has 1 heterocycles. The Kier molecular flexibility index (Phi) is 6.71. The lowest BCUT2D eigenvalue weighted by Crippen LogP contribution is -2.47. The third-order valence-corrected chi connectivity index (χ3v) is 3.53. The second kappa shape index (κ2) is 8.28. The van der Waals surface area contributed by atoms with E-state index in [4.69, 9.17) is 9.84 Å². The maximum absolute atomic E-state index is 11.8. The van der Waals surface area contributed by atoms with Crippen molar-refractivity contribution < 1.29 is 24.2 Å². The van der Waals surface area contributed by atoms with Crippen LogP contribution in [0.5, 0.6) is 0 Å². The number of aliphatic carboxylic acids is 1. The van der Waals surface area contributed by atoms with E-state index in [9.17, 15) is 14.4 Å². The third-order valence-electron chi connectivity index (χ3n) is 3.53. The fourth-order valence-electron chi connectivity index (χ4n) is 2.26. The number of rotatable bonds is 6. The number of nitrogens with zero attached hydrogens (tertiary/aromatic N) is 2. The summed E-state index contributed by atoms with van der Waals surface area (Å²) >= 11 is 0. The zero-order chi connectivity index (χ0) is 15.8. The van der Waals surface area contributed by atoms with Crippen LogP contribution in [0.4, 0.5) is 4.79 Å². The minimum atomic E-state index is -0.970. The highest BCUT2D eigenvalue weighted by atomic mass is 16.6. The average Bonchev–Trinajstić information content (AvgIpc) is 2.49. The van der Waals surface area contributed by atoms with Gasteiger partial charge in [0.15, 0.2) is 0 Å². The Morgan fingerprint density at radius 1 is 1.33 bits per heavy atom. The summed E-state index contributed by atoms with van der Waals surface area (Å²) in [6.07, 6.45) is 2.32. The molecule has 118 valence electrons. The van der Waals surface area contributed by atoms with Gasteiger partial charge in [0.05, 0.1) is 6.42 Å². The van der Waals surface area contributed by atoms with Crippen LogP contribution in [-0.4, -0.2) is 65.7 Å². The summed E-state index contributed by atoms with van der Waals surface area (Å²) in [5.74, 6) is -1.12. The number of carboxylic acids is 1. The predicted molar refractivity (Wildman–Crippen MR) is 75.8 cm³/mol. The molecule has 21 heavy (non-hydrogen) atoms. The molecule has 7 heteroatoms. The van der Waals surface area contributed by atoms with Crippen LogP contribution in [0.2, 0.25) is 0 Å². The molecule has 1 N–H and O–H groups in total. The molecule has 0 aromatic heterocycles. The Hall–Kier alpha value is -2.05. The highest BCUT2D eigenvalue weighted by Gasteiger charge is 2.28. The first kappa shape index (κ1) is 17.0. The molecule has 0 atom stereocenters. The quantitative estimate of drug-likeness (QED) is 0.742. The van der Waals surface area contributed by atoms with Crippen LogP contribution >= 0.6 is 0 Å². The smallest absolute Gasteiger partial charge is 0.410 e. The molecule has 0 aromatic carbocycles. The Morgan fingerprint density at radius 2 is 1.95 bits per heavy atom. The van der Waals surface area contributed by atoms with E-state index in [1.165, 1.54) is 6.08 Å². The van der Waals surface area contributed by atoms with Gasteiger partial charge in [0.1, 0.15) is 6.61 Å². The van der Waals surface area contributed by atoms with Crippen molar-refractivity contribution in [2.24, 2.45) is 0 Å². The van der Waals surface area contributed by atoms with E-state index in [2.05, 4.69) is 6.58 Å². The van der Waals surface area contributed by atoms with E-state index in [0.29, 0.717) is 25.9 Å². The van der Waals surface area contributed by atoms with Crippen molar-refractivity contribution in [3.63, 3.8) is 0 Å². The van der Waals surface area contributed by atoms with Gasteiger partial charge < -0.3 is 19.6 Å². The molecule has 0 unspecified atom stereocenters. The normalized spacial score (nSPS) is 15.4. The number of ether oxygens (including phenoxy) is 1. The highest BCUT2D eigenvalue weighted by Crippen LogP contribution is 2.17. The highest BCUT2D eigenvalue weighted by molar-refractivity contribution is 5.80. The number of hydrogen-bond acceptors (Lipinski definition) is 4. The Labute approximate surface area is 124 Å². The molecule has 7 nitrogen and oxygen atoms in total.